The van der Waals surface area contributed by atoms with Crippen molar-refractivity contribution in [3.8, 4) is 28.5 Å². The molecule has 0 unspecified atom stereocenters. The number of imidazole rings is 1. The van der Waals surface area contributed by atoms with Crippen LogP contribution in [0.3, 0.4) is 0 Å². The number of hydrogen-bond acceptors (Lipinski definition) is 6. The molecule has 2 heterocycles. The molecule has 160 valence electrons. The molecule has 4 aromatic rings. The predicted octanol–water partition coefficient (Wildman–Crippen LogP) is 3.95. The molecule has 0 saturated heterocycles. The third-order valence-electron chi connectivity index (χ3n) is 4.98. The first-order valence-corrected chi connectivity index (χ1v) is 10.6. The van der Waals surface area contributed by atoms with Crippen LogP contribution in [0.5, 0.6) is 17.2 Å². The molecule has 1 N–H and O–H groups in total. The van der Waals surface area contributed by atoms with E-state index in [-0.39, 0.29) is 12.3 Å². The van der Waals surface area contributed by atoms with Gasteiger partial charge in [-0.25, -0.2) is 4.98 Å². The molecule has 0 aliphatic heterocycles. The average Bonchev–Trinajstić information content (AvgIpc) is 3.39. The average molecular weight is 438 g/mol. The summed E-state index contributed by atoms with van der Waals surface area (Å²) in [5.74, 6) is 2.12. The van der Waals surface area contributed by atoms with Gasteiger partial charge < -0.3 is 19.5 Å². The van der Waals surface area contributed by atoms with E-state index in [2.05, 4.69) is 5.32 Å². The number of hydrogen-bond donors (Lipinski definition) is 1. The zero-order valence-electron chi connectivity index (χ0n) is 17.5. The summed E-state index contributed by atoms with van der Waals surface area (Å²) in [5, 5.41) is 4.92. The Bertz CT molecular complexity index is 1210. The van der Waals surface area contributed by atoms with E-state index >= 15 is 0 Å². The zero-order chi connectivity index (χ0) is 21.8. The number of nitrogens with one attached hydrogen (secondary N) is 1. The van der Waals surface area contributed by atoms with Gasteiger partial charge in [0.1, 0.15) is 17.2 Å². The maximum atomic E-state index is 12.6. The number of carbonyl (C=O) groups is 1. The first kappa shape index (κ1) is 20.7. The molecule has 0 aliphatic carbocycles. The number of thiazole rings is 1. The van der Waals surface area contributed by atoms with Gasteiger partial charge in [-0.15, -0.1) is 11.3 Å². The zero-order valence-corrected chi connectivity index (χ0v) is 18.4. The largest absolute Gasteiger partial charge is 0.497 e. The monoisotopic (exact) mass is 437 g/mol. The molecule has 1 amide bonds. The SMILES string of the molecule is COc1ccc(OC)c(-c2cn3c(CC(=O)NCc4ccccc4OC)csc3n2)c1. The Labute approximate surface area is 184 Å². The van der Waals surface area contributed by atoms with Gasteiger partial charge in [0, 0.05) is 34.9 Å². The topological polar surface area (TPSA) is 74.1 Å². The highest BCUT2D eigenvalue weighted by atomic mass is 32.1. The van der Waals surface area contributed by atoms with E-state index in [0.29, 0.717) is 12.3 Å². The highest BCUT2D eigenvalue weighted by Gasteiger charge is 2.16. The number of amides is 1. The third kappa shape index (κ3) is 4.34. The Balaban J connectivity index is 1.52. The maximum absolute atomic E-state index is 12.6. The van der Waals surface area contributed by atoms with Gasteiger partial charge >= 0.3 is 0 Å². The van der Waals surface area contributed by atoms with E-state index in [4.69, 9.17) is 19.2 Å². The molecule has 0 radical (unpaired) electrons. The first-order valence-electron chi connectivity index (χ1n) is 9.69. The molecule has 0 aliphatic rings. The van der Waals surface area contributed by atoms with Crippen molar-refractivity contribution >= 4 is 22.2 Å². The molecule has 0 bridgehead atoms. The molecule has 2 aromatic carbocycles. The fourth-order valence-electron chi connectivity index (χ4n) is 3.37. The molecule has 7 nitrogen and oxygen atoms in total. The second kappa shape index (κ2) is 9.09. The molecule has 0 saturated carbocycles. The predicted molar refractivity (Wildman–Crippen MR) is 120 cm³/mol. The number of fused-ring (bicyclic) bond motifs is 1. The molecule has 4 rings (SSSR count). The maximum Gasteiger partial charge on any atom is 0.226 e. The van der Waals surface area contributed by atoms with Crippen LogP contribution in [0.2, 0.25) is 0 Å². The molecular formula is C23H23N3O4S. The van der Waals surface area contributed by atoms with E-state index < -0.39 is 0 Å². The van der Waals surface area contributed by atoms with Crippen LogP contribution in [0.4, 0.5) is 0 Å². The van der Waals surface area contributed by atoms with Crippen LogP contribution in [-0.4, -0.2) is 36.6 Å². The number of para-hydroxylation sites is 1. The van der Waals surface area contributed by atoms with Crippen LogP contribution < -0.4 is 19.5 Å². The number of methoxy groups -OCH3 is 3. The normalized spacial score (nSPS) is 10.8. The molecular weight excluding hydrogens is 414 g/mol. The summed E-state index contributed by atoms with van der Waals surface area (Å²) in [7, 11) is 4.87. The number of aromatic nitrogens is 2. The Kier molecular flexibility index (Phi) is 6.08. The lowest BCUT2D eigenvalue weighted by atomic mass is 10.1. The summed E-state index contributed by atoms with van der Waals surface area (Å²) in [5.41, 5.74) is 3.41. The molecule has 0 spiro atoms. The van der Waals surface area contributed by atoms with Crippen molar-refractivity contribution in [1.82, 2.24) is 14.7 Å². The summed E-state index contributed by atoms with van der Waals surface area (Å²) >= 11 is 1.50. The quantitative estimate of drug-likeness (QED) is 0.452. The number of ether oxygens (including phenoxy) is 3. The van der Waals surface area contributed by atoms with E-state index in [1.807, 2.05) is 58.4 Å². The Morgan fingerprint density at radius 1 is 1.06 bits per heavy atom. The van der Waals surface area contributed by atoms with Crippen LogP contribution in [-0.2, 0) is 17.8 Å². The molecule has 0 fully saturated rings. The van der Waals surface area contributed by atoms with Gasteiger partial charge in [-0.2, -0.15) is 0 Å². The summed E-state index contributed by atoms with van der Waals surface area (Å²) in [6, 6.07) is 13.2. The van der Waals surface area contributed by atoms with E-state index in [1.54, 1.807) is 21.3 Å². The van der Waals surface area contributed by atoms with Crippen molar-refractivity contribution in [2.24, 2.45) is 0 Å². The lowest BCUT2D eigenvalue weighted by molar-refractivity contribution is -0.120. The summed E-state index contributed by atoms with van der Waals surface area (Å²) in [4.78, 5) is 18.1. The van der Waals surface area contributed by atoms with Gasteiger partial charge in [-0.3, -0.25) is 9.20 Å². The third-order valence-corrected chi connectivity index (χ3v) is 5.86. The van der Waals surface area contributed by atoms with Gasteiger partial charge in [0.2, 0.25) is 5.91 Å². The smallest absolute Gasteiger partial charge is 0.226 e. The Morgan fingerprint density at radius 2 is 1.87 bits per heavy atom. The van der Waals surface area contributed by atoms with Crippen LogP contribution in [0, 0.1) is 0 Å². The summed E-state index contributed by atoms with van der Waals surface area (Å²) < 4.78 is 18.1. The highest BCUT2D eigenvalue weighted by Crippen LogP contribution is 2.34. The van der Waals surface area contributed by atoms with Crippen LogP contribution in [0.15, 0.2) is 54.0 Å². The van der Waals surface area contributed by atoms with E-state index in [1.165, 1.54) is 11.3 Å². The first-order chi connectivity index (χ1) is 15.1. The van der Waals surface area contributed by atoms with Gasteiger partial charge in [0.25, 0.3) is 0 Å². The molecule has 8 heteroatoms. The second-order valence-electron chi connectivity index (χ2n) is 6.84. The van der Waals surface area contributed by atoms with E-state index in [0.717, 1.165) is 39.0 Å². The number of rotatable bonds is 8. The minimum Gasteiger partial charge on any atom is -0.497 e. The minimum absolute atomic E-state index is 0.0696. The van der Waals surface area contributed by atoms with Crippen molar-refractivity contribution < 1.29 is 19.0 Å². The number of benzene rings is 2. The van der Waals surface area contributed by atoms with Crippen LogP contribution in [0.1, 0.15) is 11.3 Å². The number of nitrogens with zero attached hydrogens (tertiary/aromatic N) is 2. The van der Waals surface area contributed by atoms with Gasteiger partial charge in [-0.05, 0) is 24.3 Å². The fourth-order valence-corrected chi connectivity index (χ4v) is 4.24. The number of carbonyl (C=O) groups excluding carboxylic acids is 1. The molecule has 0 atom stereocenters. The van der Waals surface area contributed by atoms with Crippen molar-refractivity contribution in [3.63, 3.8) is 0 Å². The Morgan fingerprint density at radius 3 is 2.65 bits per heavy atom. The van der Waals surface area contributed by atoms with Crippen LogP contribution >= 0.6 is 11.3 Å². The molecule has 31 heavy (non-hydrogen) atoms. The second-order valence-corrected chi connectivity index (χ2v) is 7.67. The summed E-state index contributed by atoms with van der Waals surface area (Å²) in [6.07, 6.45) is 2.17. The minimum atomic E-state index is -0.0696. The van der Waals surface area contributed by atoms with Crippen molar-refractivity contribution in [2.75, 3.05) is 21.3 Å². The van der Waals surface area contributed by atoms with Gasteiger partial charge in [0.05, 0.1) is 33.4 Å². The lowest BCUT2D eigenvalue weighted by Crippen LogP contribution is -2.25. The van der Waals surface area contributed by atoms with Crippen LogP contribution in [0.25, 0.3) is 16.2 Å². The van der Waals surface area contributed by atoms with Crippen molar-refractivity contribution in [3.05, 3.63) is 65.3 Å². The standard InChI is InChI=1S/C23H23N3O4S/c1-28-17-8-9-21(30-3)18(11-17)19-13-26-16(14-31-23(26)25-19)10-22(27)24-12-15-6-4-5-7-20(15)29-2/h4-9,11,13-14H,10,12H2,1-3H3,(H,24,27). The van der Waals surface area contributed by atoms with Crippen molar-refractivity contribution in [1.29, 1.82) is 0 Å². The highest BCUT2D eigenvalue weighted by molar-refractivity contribution is 7.15. The molecule has 2 aromatic heterocycles. The van der Waals surface area contributed by atoms with E-state index in [9.17, 15) is 4.79 Å². The lowest BCUT2D eigenvalue weighted by Gasteiger charge is -2.09. The summed E-state index contributed by atoms with van der Waals surface area (Å²) in [6.45, 7) is 0.409. The fraction of sp³-hybridized carbons (Fsp3) is 0.217. The van der Waals surface area contributed by atoms with Gasteiger partial charge in [0.15, 0.2) is 4.96 Å². The Hall–Kier alpha value is -3.52. The van der Waals surface area contributed by atoms with Crippen molar-refractivity contribution in [2.45, 2.75) is 13.0 Å². The van der Waals surface area contributed by atoms with Gasteiger partial charge in [-0.1, -0.05) is 18.2 Å².